The van der Waals surface area contributed by atoms with E-state index in [9.17, 15) is 4.79 Å². The maximum atomic E-state index is 12.7. The maximum Gasteiger partial charge on any atom is 0.233 e. The predicted octanol–water partition coefficient (Wildman–Crippen LogP) is 3.59. The third-order valence-electron chi connectivity index (χ3n) is 3.82. The number of aromatic nitrogens is 4. The second kappa shape index (κ2) is 9.71. The van der Waals surface area contributed by atoms with Crippen LogP contribution in [-0.4, -0.2) is 49.4 Å². The Morgan fingerprint density at radius 3 is 2.27 bits per heavy atom. The highest BCUT2D eigenvalue weighted by Gasteiger charge is 2.19. The molecule has 0 unspecified atom stereocenters. The van der Waals surface area contributed by atoms with Crippen LogP contribution >= 0.6 is 11.8 Å². The molecule has 0 bridgehead atoms. The van der Waals surface area contributed by atoms with Crippen molar-refractivity contribution in [2.24, 2.45) is 11.8 Å². The van der Waals surface area contributed by atoms with E-state index in [1.807, 2.05) is 21.6 Å². The fourth-order valence-corrected chi connectivity index (χ4v) is 3.68. The first-order chi connectivity index (χ1) is 12.4. The average molecular weight is 376 g/mol. The number of carbonyl (C=O) groups excluding carboxylic acids is 1. The van der Waals surface area contributed by atoms with Gasteiger partial charge in [0.15, 0.2) is 11.0 Å². The van der Waals surface area contributed by atoms with E-state index in [0.29, 0.717) is 17.6 Å². The first-order valence-corrected chi connectivity index (χ1v) is 10.1. The second-order valence-electron chi connectivity index (χ2n) is 7.16. The van der Waals surface area contributed by atoms with E-state index in [1.54, 1.807) is 12.4 Å². The van der Waals surface area contributed by atoms with Gasteiger partial charge in [-0.2, -0.15) is 0 Å². The second-order valence-corrected chi connectivity index (χ2v) is 8.10. The molecule has 7 heteroatoms. The average Bonchev–Trinajstić information content (AvgIpc) is 3.02. The van der Waals surface area contributed by atoms with Crippen LogP contribution in [0.3, 0.4) is 0 Å². The number of hydrogen-bond donors (Lipinski definition) is 0. The molecular formula is C19H29N5OS. The highest BCUT2D eigenvalue weighted by Crippen LogP contribution is 2.24. The highest BCUT2D eigenvalue weighted by atomic mass is 32.2. The van der Waals surface area contributed by atoms with E-state index in [4.69, 9.17) is 0 Å². The molecule has 2 aromatic rings. The van der Waals surface area contributed by atoms with Gasteiger partial charge in [-0.3, -0.25) is 9.78 Å². The summed E-state index contributed by atoms with van der Waals surface area (Å²) >= 11 is 1.46. The molecule has 0 atom stereocenters. The Kier molecular flexibility index (Phi) is 7.63. The summed E-state index contributed by atoms with van der Waals surface area (Å²) in [6.07, 6.45) is 3.49. The van der Waals surface area contributed by atoms with Gasteiger partial charge >= 0.3 is 0 Å². The first-order valence-electron chi connectivity index (χ1n) is 9.16. The molecule has 2 rings (SSSR count). The van der Waals surface area contributed by atoms with Crippen molar-refractivity contribution in [1.82, 2.24) is 24.6 Å². The Bertz CT molecular complexity index is 689. The number of amides is 1. The topological polar surface area (TPSA) is 63.9 Å². The maximum absolute atomic E-state index is 12.7. The molecule has 0 aliphatic carbocycles. The molecule has 2 heterocycles. The van der Waals surface area contributed by atoms with Crippen LogP contribution in [0.15, 0.2) is 29.7 Å². The van der Waals surface area contributed by atoms with Gasteiger partial charge in [0, 0.05) is 37.6 Å². The molecule has 26 heavy (non-hydrogen) atoms. The van der Waals surface area contributed by atoms with Gasteiger partial charge in [0.25, 0.3) is 0 Å². The van der Waals surface area contributed by atoms with Gasteiger partial charge in [-0.25, -0.2) is 0 Å². The molecular weight excluding hydrogens is 346 g/mol. The van der Waals surface area contributed by atoms with Gasteiger partial charge in [0.1, 0.15) is 0 Å². The van der Waals surface area contributed by atoms with Gasteiger partial charge < -0.3 is 9.47 Å². The van der Waals surface area contributed by atoms with Gasteiger partial charge in [-0.1, -0.05) is 39.5 Å². The molecule has 2 aromatic heterocycles. The lowest BCUT2D eigenvalue weighted by atomic mass is 10.1. The third-order valence-corrected chi connectivity index (χ3v) is 4.77. The van der Waals surface area contributed by atoms with Crippen molar-refractivity contribution in [3.63, 3.8) is 0 Å². The fourth-order valence-electron chi connectivity index (χ4n) is 2.77. The van der Waals surface area contributed by atoms with Gasteiger partial charge in [0.05, 0.1) is 5.75 Å². The van der Waals surface area contributed by atoms with Crippen molar-refractivity contribution in [1.29, 1.82) is 0 Å². The van der Waals surface area contributed by atoms with Crippen LogP contribution in [0.1, 0.15) is 34.6 Å². The van der Waals surface area contributed by atoms with Crippen LogP contribution in [0.25, 0.3) is 11.4 Å². The Hall–Kier alpha value is -1.89. The summed E-state index contributed by atoms with van der Waals surface area (Å²) in [6, 6.07) is 3.84. The van der Waals surface area contributed by atoms with E-state index in [-0.39, 0.29) is 5.91 Å². The number of thioether (sulfide) groups is 1. The minimum Gasteiger partial charge on any atom is -0.341 e. The van der Waals surface area contributed by atoms with Crippen molar-refractivity contribution < 1.29 is 4.79 Å². The van der Waals surface area contributed by atoms with Crippen molar-refractivity contribution in [2.75, 3.05) is 18.8 Å². The number of nitrogens with zero attached hydrogens (tertiary/aromatic N) is 5. The third kappa shape index (κ3) is 5.56. The summed E-state index contributed by atoms with van der Waals surface area (Å²) in [5.74, 6) is 2.27. The number of pyridine rings is 1. The Balaban J connectivity index is 2.08. The number of carbonyl (C=O) groups is 1. The minimum atomic E-state index is 0.161. The molecule has 142 valence electrons. The summed E-state index contributed by atoms with van der Waals surface area (Å²) in [4.78, 5) is 18.7. The van der Waals surface area contributed by atoms with Crippen molar-refractivity contribution >= 4 is 17.7 Å². The van der Waals surface area contributed by atoms with Gasteiger partial charge in [0.2, 0.25) is 5.91 Å². The summed E-state index contributed by atoms with van der Waals surface area (Å²) in [5.41, 5.74) is 0.980. The number of hydrogen-bond acceptors (Lipinski definition) is 5. The SMILES string of the molecule is CCn1c(SCC(=O)N(CC(C)C)CC(C)C)nnc1-c1ccncc1. The zero-order valence-electron chi connectivity index (χ0n) is 16.3. The van der Waals surface area contributed by atoms with Crippen molar-refractivity contribution in [2.45, 2.75) is 46.3 Å². The first kappa shape index (κ1) is 20.4. The van der Waals surface area contributed by atoms with Crippen LogP contribution < -0.4 is 0 Å². The molecule has 0 aliphatic heterocycles. The molecule has 0 aromatic carbocycles. The lowest BCUT2D eigenvalue weighted by molar-refractivity contribution is -0.129. The molecule has 0 saturated carbocycles. The van der Waals surface area contributed by atoms with E-state index in [1.165, 1.54) is 11.8 Å². The van der Waals surface area contributed by atoms with Crippen LogP contribution in [-0.2, 0) is 11.3 Å². The van der Waals surface area contributed by atoms with E-state index in [2.05, 4.69) is 49.8 Å². The molecule has 6 nitrogen and oxygen atoms in total. The van der Waals surface area contributed by atoms with Crippen LogP contribution in [0.2, 0.25) is 0 Å². The zero-order chi connectivity index (χ0) is 19.1. The Labute approximate surface area is 160 Å². The molecule has 0 N–H and O–H groups in total. The molecule has 0 fully saturated rings. The quantitative estimate of drug-likeness (QED) is 0.627. The lowest BCUT2D eigenvalue weighted by Crippen LogP contribution is -2.38. The fraction of sp³-hybridized carbons (Fsp3) is 0.579. The largest absolute Gasteiger partial charge is 0.341 e. The van der Waals surface area contributed by atoms with E-state index >= 15 is 0 Å². The summed E-state index contributed by atoms with van der Waals surface area (Å²) in [7, 11) is 0. The summed E-state index contributed by atoms with van der Waals surface area (Å²) in [6.45, 7) is 13.0. The van der Waals surface area contributed by atoms with Gasteiger partial charge in [-0.05, 0) is 30.9 Å². The van der Waals surface area contributed by atoms with Crippen molar-refractivity contribution in [3.8, 4) is 11.4 Å². The molecule has 0 saturated heterocycles. The summed E-state index contributed by atoms with van der Waals surface area (Å²) in [5, 5.41) is 9.40. The van der Waals surface area contributed by atoms with E-state index in [0.717, 1.165) is 36.2 Å². The lowest BCUT2D eigenvalue weighted by Gasteiger charge is -2.26. The number of rotatable bonds is 9. The predicted molar refractivity (Wildman–Crippen MR) is 106 cm³/mol. The smallest absolute Gasteiger partial charge is 0.233 e. The molecule has 0 spiro atoms. The summed E-state index contributed by atoms with van der Waals surface area (Å²) < 4.78 is 2.04. The van der Waals surface area contributed by atoms with Gasteiger partial charge in [-0.15, -0.1) is 10.2 Å². The molecule has 1 amide bonds. The molecule has 0 radical (unpaired) electrons. The normalized spacial score (nSPS) is 11.3. The molecule has 0 aliphatic rings. The zero-order valence-corrected chi connectivity index (χ0v) is 17.2. The van der Waals surface area contributed by atoms with Crippen LogP contribution in [0.4, 0.5) is 0 Å². The Morgan fingerprint density at radius 2 is 1.73 bits per heavy atom. The van der Waals surface area contributed by atoms with Crippen LogP contribution in [0, 0.1) is 11.8 Å². The van der Waals surface area contributed by atoms with E-state index < -0.39 is 0 Å². The Morgan fingerprint density at radius 1 is 1.12 bits per heavy atom. The minimum absolute atomic E-state index is 0.161. The standard InChI is InChI=1S/C19H29N5OS/c1-6-24-18(16-7-9-20-10-8-16)21-22-19(24)26-13-17(25)23(11-14(2)3)12-15(4)5/h7-10,14-15H,6,11-13H2,1-5H3. The van der Waals surface area contributed by atoms with Crippen LogP contribution in [0.5, 0.6) is 0 Å². The highest BCUT2D eigenvalue weighted by molar-refractivity contribution is 7.99. The van der Waals surface area contributed by atoms with Crippen molar-refractivity contribution in [3.05, 3.63) is 24.5 Å². The monoisotopic (exact) mass is 375 g/mol.